The summed E-state index contributed by atoms with van der Waals surface area (Å²) in [7, 11) is -3.24. The van der Waals surface area contributed by atoms with Gasteiger partial charge in [-0.25, -0.2) is 13.4 Å². The first kappa shape index (κ1) is 15.3. The fourth-order valence-corrected chi connectivity index (χ4v) is 4.15. The summed E-state index contributed by atoms with van der Waals surface area (Å²) in [5, 5.41) is 1.09. The molecule has 0 aliphatic carbocycles. The number of anilines is 2. The molecule has 7 heteroatoms. The van der Waals surface area contributed by atoms with Crippen molar-refractivity contribution in [2.24, 2.45) is 0 Å². The van der Waals surface area contributed by atoms with Crippen molar-refractivity contribution in [1.82, 2.24) is 4.98 Å². The third-order valence-corrected chi connectivity index (χ3v) is 5.26. The first-order valence-electron chi connectivity index (χ1n) is 7.23. The zero-order valence-corrected chi connectivity index (χ0v) is 14.3. The highest BCUT2D eigenvalue weighted by molar-refractivity contribution is 7.92. The topological polar surface area (TPSA) is 62.3 Å². The Hall–Kier alpha value is -1.60. The molecule has 0 bridgehead atoms. The molecule has 0 unspecified atom stereocenters. The summed E-state index contributed by atoms with van der Waals surface area (Å²) in [6.07, 6.45) is 3.62. The maximum absolute atomic E-state index is 11.2. The number of hydrogen-bond acceptors (Lipinski definition) is 5. The third kappa shape index (κ3) is 3.41. The summed E-state index contributed by atoms with van der Waals surface area (Å²) in [4.78, 5) is 8.29. The van der Waals surface area contributed by atoms with Gasteiger partial charge in [0.1, 0.15) is 0 Å². The molecule has 0 radical (unpaired) electrons. The third-order valence-electron chi connectivity index (χ3n) is 3.62. The van der Waals surface area contributed by atoms with Crippen LogP contribution in [0, 0.1) is 6.92 Å². The molecule has 2 heterocycles. The van der Waals surface area contributed by atoms with E-state index in [2.05, 4.69) is 16.5 Å². The first-order valence-corrected chi connectivity index (χ1v) is 9.94. The number of aryl methyl sites for hydroxylation is 1. The molecule has 1 aliphatic rings. The van der Waals surface area contributed by atoms with Crippen LogP contribution in [0.2, 0.25) is 0 Å². The highest BCUT2D eigenvalue weighted by atomic mass is 32.2. The smallest absolute Gasteiger partial charge is 0.229 e. The molecule has 0 spiro atoms. The van der Waals surface area contributed by atoms with Crippen LogP contribution < -0.4 is 9.62 Å². The SMILES string of the molecule is Cc1sc(N2CCCC2)nc1-c1ccc(NS(C)(=O)=O)cc1. The number of aromatic nitrogens is 1. The predicted octanol–water partition coefficient (Wildman–Crippen LogP) is 3.09. The lowest BCUT2D eigenvalue weighted by molar-refractivity contribution is 0.607. The Morgan fingerprint density at radius 2 is 1.82 bits per heavy atom. The van der Waals surface area contributed by atoms with E-state index in [1.807, 2.05) is 12.1 Å². The van der Waals surface area contributed by atoms with Crippen LogP contribution in [0.25, 0.3) is 11.3 Å². The van der Waals surface area contributed by atoms with Gasteiger partial charge >= 0.3 is 0 Å². The van der Waals surface area contributed by atoms with Gasteiger partial charge in [0.05, 0.1) is 11.9 Å². The van der Waals surface area contributed by atoms with Gasteiger partial charge in [-0.05, 0) is 31.9 Å². The normalized spacial score (nSPS) is 15.3. The Kier molecular flexibility index (Phi) is 4.10. The van der Waals surface area contributed by atoms with Crippen molar-refractivity contribution >= 4 is 32.2 Å². The van der Waals surface area contributed by atoms with Crippen LogP contribution in [-0.2, 0) is 10.0 Å². The number of thiazole rings is 1. The molecule has 0 amide bonds. The van der Waals surface area contributed by atoms with Crippen LogP contribution in [0.3, 0.4) is 0 Å². The maximum Gasteiger partial charge on any atom is 0.229 e. The van der Waals surface area contributed by atoms with Crippen LogP contribution in [0.15, 0.2) is 24.3 Å². The van der Waals surface area contributed by atoms with Gasteiger partial charge in [0, 0.05) is 29.2 Å². The van der Waals surface area contributed by atoms with E-state index in [-0.39, 0.29) is 0 Å². The van der Waals surface area contributed by atoms with Crippen LogP contribution in [-0.4, -0.2) is 32.7 Å². The number of sulfonamides is 1. The molecule has 1 aliphatic heterocycles. The van der Waals surface area contributed by atoms with Crippen molar-refractivity contribution in [2.75, 3.05) is 29.0 Å². The van der Waals surface area contributed by atoms with E-state index in [1.54, 1.807) is 23.5 Å². The minimum absolute atomic E-state index is 0.568. The van der Waals surface area contributed by atoms with Gasteiger partial charge in [-0.2, -0.15) is 0 Å². The Balaban J connectivity index is 1.84. The number of nitrogens with zero attached hydrogens (tertiary/aromatic N) is 2. The summed E-state index contributed by atoms with van der Waals surface area (Å²) >= 11 is 1.72. The van der Waals surface area contributed by atoms with Gasteiger partial charge in [0.2, 0.25) is 10.0 Å². The van der Waals surface area contributed by atoms with E-state index in [1.165, 1.54) is 17.7 Å². The van der Waals surface area contributed by atoms with Crippen LogP contribution in [0.5, 0.6) is 0 Å². The van der Waals surface area contributed by atoms with E-state index in [9.17, 15) is 8.42 Å². The lowest BCUT2D eigenvalue weighted by Crippen LogP contribution is -2.17. The number of rotatable bonds is 4. The molecular formula is C15H19N3O2S2. The van der Waals surface area contributed by atoms with Crippen molar-refractivity contribution in [3.8, 4) is 11.3 Å². The van der Waals surface area contributed by atoms with Gasteiger partial charge in [0.15, 0.2) is 5.13 Å². The average Bonchev–Trinajstić information content (AvgIpc) is 3.07. The van der Waals surface area contributed by atoms with E-state index < -0.39 is 10.0 Å². The largest absolute Gasteiger partial charge is 0.348 e. The Morgan fingerprint density at radius 1 is 1.18 bits per heavy atom. The van der Waals surface area contributed by atoms with Crippen LogP contribution in [0.1, 0.15) is 17.7 Å². The molecule has 2 aromatic rings. The minimum Gasteiger partial charge on any atom is -0.348 e. The number of hydrogen-bond donors (Lipinski definition) is 1. The second-order valence-electron chi connectivity index (χ2n) is 5.55. The van der Waals surface area contributed by atoms with Crippen molar-refractivity contribution in [1.29, 1.82) is 0 Å². The standard InChI is InChI=1S/C15H19N3O2S2/c1-11-14(16-15(21-11)18-9-3-4-10-18)12-5-7-13(8-6-12)17-22(2,19)20/h5-8,17H,3-4,9-10H2,1-2H3. The molecular weight excluding hydrogens is 318 g/mol. The quantitative estimate of drug-likeness (QED) is 0.931. The van der Waals surface area contributed by atoms with Crippen molar-refractivity contribution in [3.63, 3.8) is 0 Å². The Bertz CT molecular complexity index is 761. The molecule has 1 N–H and O–H groups in total. The number of nitrogens with one attached hydrogen (secondary N) is 1. The van der Waals surface area contributed by atoms with Gasteiger partial charge in [-0.3, -0.25) is 4.72 Å². The maximum atomic E-state index is 11.2. The molecule has 1 aromatic carbocycles. The van der Waals surface area contributed by atoms with Crippen molar-refractivity contribution in [3.05, 3.63) is 29.1 Å². The van der Waals surface area contributed by atoms with Gasteiger partial charge in [-0.1, -0.05) is 12.1 Å². The van der Waals surface area contributed by atoms with Crippen molar-refractivity contribution in [2.45, 2.75) is 19.8 Å². The first-order chi connectivity index (χ1) is 10.4. The van der Waals surface area contributed by atoms with E-state index >= 15 is 0 Å². The summed E-state index contributed by atoms with van der Waals surface area (Å²) in [6, 6.07) is 7.35. The van der Waals surface area contributed by atoms with Gasteiger partial charge in [-0.15, -0.1) is 11.3 Å². The molecule has 3 rings (SSSR count). The zero-order chi connectivity index (χ0) is 15.7. The molecule has 0 saturated carbocycles. The monoisotopic (exact) mass is 337 g/mol. The Labute approximate surface area is 135 Å². The summed E-state index contributed by atoms with van der Waals surface area (Å²) < 4.78 is 24.9. The average molecular weight is 337 g/mol. The zero-order valence-electron chi connectivity index (χ0n) is 12.7. The minimum atomic E-state index is -3.24. The molecule has 0 atom stereocenters. The highest BCUT2D eigenvalue weighted by Crippen LogP contribution is 2.34. The second-order valence-corrected chi connectivity index (χ2v) is 8.48. The molecule has 22 heavy (non-hydrogen) atoms. The fraction of sp³-hybridized carbons (Fsp3) is 0.400. The number of benzene rings is 1. The molecule has 5 nitrogen and oxygen atoms in total. The van der Waals surface area contributed by atoms with Crippen LogP contribution >= 0.6 is 11.3 Å². The summed E-state index contributed by atoms with van der Waals surface area (Å²) in [5.74, 6) is 0. The lowest BCUT2D eigenvalue weighted by Gasteiger charge is -2.12. The van der Waals surface area contributed by atoms with E-state index in [0.717, 1.165) is 35.7 Å². The molecule has 118 valence electrons. The summed E-state index contributed by atoms with van der Waals surface area (Å²) in [6.45, 7) is 4.25. The predicted molar refractivity (Wildman–Crippen MR) is 92.2 cm³/mol. The summed E-state index contributed by atoms with van der Waals surface area (Å²) in [5.41, 5.74) is 2.56. The fourth-order valence-electron chi connectivity index (χ4n) is 2.60. The van der Waals surface area contributed by atoms with Crippen molar-refractivity contribution < 1.29 is 8.42 Å². The lowest BCUT2D eigenvalue weighted by atomic mass is 10.1. The highest BCUT2D eigenvalue weighted by Gasteiger charge is 2.18. The second kappa shape index (κ2) is 5.89. The van der Waals surface area contributed by atoms with E-state index in [0.29, 0.717) is 5.69 Å². The molecule has 1 aromatic heterocycles. The van der Waals surface area contributed by atoms with E-state index in [4.69, 9.17) is 4.98 Å². The van der Waals surface area contributed by atoms with Crippen LogP contribution in [0.4, 0.5) is 10.8 Å². The molecule has 1 fully saturated rings. The van der Waals surface area contributed by atoms with Gasteiger partial charge < -0.3 is 4.90 Å². The molecule has 1 saturated heterocycles. The van der Waals surface area contributed by atoms with Gasteiger partial charge in [0.25, 0.3) is 0 Å². The Morgan fingerprint density at radius 3 is 2.41 bits per heavy atom.